The van der Waals surface area contributed by atoms with Gasteiger partial charge in [-0.05, 0) is 48.9 Å². The molecule has 17 heavy (non-hydrogen) atoms. The van der Waals surface area contributed by atoms with Crippen LogP contribution < -0.4 is 0 Å². The van der Waals surface area contributed by atoms with Crippen LogP contribution in [-0.4, -0.2) is 11.1 Å². The Morgan fingerprint density at radius 3 is 2.59 bits per heavy atom. The molecule has 0 heterocycles. The average Bonchev–Trinajstić information content (AvgIpc) is 2.20. The van der Waals surface area contributed by atoms with E-state index in [9.17, 15) is 4.79 Å². The van der Waals surface area contributed by atoms with Gasteiger partial charge in [0.15, 0.2) is 0 Å². The molecule has 2 nitrogen and oxygen atoms in total. The number of hydrogen-bond acceptors (Lipinski definition) is 1. The molecule has 0 bridgehead atoms. The molecular weight excluding hydrogens is 348 g/mol. The molecule has 94 valence electrons. The number of hydrogen-bond donors (Lipinski definition) is 1. The van der Waals surface area contributed by atoms with Crippen molar-refractivity contribution in [3.63, 3.8) is 0 Å². The van der Waals surface area contributed by atoms with Gasteiger partial charge in [0, 0.05) is 15.4 Å². The third-order valence-electron chi connectivity index (χ3n) is 2.76. The molecule has 4 heteroatoms. The van der Waals surface area contributed by atoms with E-state index in [1.54, 1.807) is 0 Å². The van der Waals surface area contributed by atoms with Gasteiger partial charge in [-0.15, -0.1) is 0 Å². The highest BCUT2D eigenvalue weighted by Gasteiger charge is 2.10. The molecule has 1 atom stereocenters. The van der Waals surface area contributed by atoms with Gasteiger partial charge in [0.25, 0.3) is 0 Å². The zero-order valence-electron chi connectivity index (χ0n) is 9.96. The Kier molecular flexibility index (Phi) is 5.67. The van der Waals surface area contributed by atoms with Gasteiger partial charge < -0.3 is 5.11 Å². The first kappa shape index (κ1) is 14.7. The molecule has 1 N–H and O–H groups in total. The summed E-state index contributed by atoms with van der Waals surface area (Å²) in [4.78, 5) is 10.6. The summed E-state index contributed by atoms with van der Waals surface area (Å²) in [7, 11) is 0. The third-order valence-corrected chi connectivity index (χ3v) is 4.35. The minimum absolute atomic E-state index is 0.208. The molecule has 0 aromatic heterocycles. The Labute approximate surface area is 119 Å². The fraction of sp³-hybridized carbons (Fsp3) is 0.462. The lowest BCUT2D eigenvalue weighted by atomic mass is 9.98. The van der Waals surface area contributed by atoms with E-state index in [2.05, 4.69) is 44.0 Å². The Bertz CT molecular complexity index is 416. The highest BCUT2D eigenvalue weighted by molar-refractivity contribution is 9.11. The van der Waals surface area contributed by atoms with Crippen LogP contribution in [0.5, 0.6) is 0 Å². The van der Waals surface area contributed by atoms with Gasteiger partial charge in [-0.25, -0.2) is 0 Å². The molecule has 1 unspecified atom stereocenters. The first-order chi connectivity index (χ1) is 7.90. The monoisotopic (exact) mass is 362 g/mol. The zero-order chi connectivity index (χ0) is 13.0. The summed E-state index contributed by atoms with van der Waals surface area (Å²) >= 11 is 7.06. The number of aryl methyl sites for hydroxylation is 2. The summed E-state index contributed by atoms with van der Waals surface area (Å²) in [6, 6.07) is 4.19. The molecule has 1 rings (SSSR count). The minimum Gasteiger partial charge on any atom is -0.481 e. The van der Waals surface area contributed by atoms with E-state index < -0.39 is 5.97 Å². The molecule has 0 aliphatic heterocycles. The molecule has 1 aromatic carbocycles. The molecule has 0 radical (unpaired) electrons. The average molecular weight is 364 g/mol. The molecule has 1 aromatic rings. The minimum atomic E-state index is -0.721. The molecular formula is C13H16Br2O2. The molecule has 0 aliphatic rings. The lowest BCUT2D eigenvalue weighted by Crippen LogP contribution is -2.05. The highest BCUT2D eigenvalue weighted by atomic mass is 79.9. The van der Waals surface area contributed by atoms with Gasteiger partial charge >= 0.3 is 5.97 Å². The van der Waals surface area contributed by atoms with E-state index in [4.69, 9.17) is 5.11 Å². The number of halogens is 2. The molecule has 0 fully saturated rings. The fourth-order valence-electron chi connectivity index (χ4n) is 1.68. The van der Waals surface area contributed by atoms with Gasteiger partial charge in [-0.2, -0.15) is 0 Å². The fourth-order valence-corrected chi connectivity index (χ4v) is 2.73. The number of carboxylic acids is 1. The predicted octanol–water partition coefficient (Wildman–Crippen LogP) is 4.56. The van der Waals surface area contributed by atoms with E-state index in [0.29, 0.717) is 0 Å². The smallest absolute Gasteiger partial charge is 0.303 e. The van der Waals surface area contributed by atoms with E-state index >= 15 is 0 Å². The quantitative estimate of drug-likeness (QED) is 0.832. The standard InChI is InChI=1S/C13H16Br2O2/c1-8(5-13(16)17)3-4-10-7-11(14)9(2)6-12(10)15/h6-8H,3-5H2,1-2H3,(H,16,17). The maximum Gasteiger partial charge on any atom is 0.303 e. The SMILES string of the molecule is Cc1cc(Br)c(CCC(C)CC(=O)O)cc1Br. The lowest BCUT2D eigenvalue weighted by molar-refractivity contribution is -0.138. The van der Waals surface area contributed by atoms with Gasteiger partial charge in [0.1, 0.15) is 0 Å². The molecule has 0 saturated heterocycles. The number of benzene rings is 1. The summed E-state index contributed by atoms with van der Waals surface area (Å²) in [5.74, 6) is -0.513. The van der Waals surface area contributed by atoms with Crippen molar-refractivity contribution in [1.82, 2.24) is 0 Å². The molecule has 0 amide bonds. The van der Waals surface area contributed by atoms with E-state index in [1.165, 1.54) is 11.1 Å². The van der Waals surface area contributed by atoms with E-state index in [0.717, 1.165) is 21.8 Å². The van der Waals surface area contributed by atoms with Gasteiger partial charge in [0.2, 0.25) is 0 Å². The van der Waals surface area contributed by atoms with Crippen molar-refractivity contribution in [2.45, 2.75) is 33.1 Å². The van der Waals surface area contributed by atoms with Crippen molar-refractivity contribution < 1.29 is 9.90 Å². The van der Waals surface area contributed by atoms with Gasteiger partial charge in [-0.3, -0.25) is 4.79 Å². The number of aliphatic carboxylic acids is 1. The highest BCUT2D eigenvalue weighted by Crippen LogP contribution is 2.27. The maximum absolute atomic E-state index is 10.6. The first-order valence-corrected chi connectivity index (χ1v) is 7.15. The summed E-state index contributed by atoms with van der Waals surface area (Å²) in [6.45, 7) is 4.02. The predicted molar refractivity (Wildman–Crippen MR) is 76.3 cm³/mol. The Morgan fingerprint density at radius 1 is 1.35 bits per heavy atom. The third kappa shape index (κ3) is 4.80. The topological polar surface area (TPSA) is 37.3 Å². The number of carbonyl (C=O) groups is 1. The van der Waals surface area contributed by atoms with Gasteiger partial charge in [-0.1, -0.05) is 38.8 Å². The normalized spacial score (nSPS) is 12.5. The molecule has 0 saturated carbocycles. The van der Waals surface area contributed by atoms with E-state index in [1.807, 2.05) is 13.8 Å². The van der Waals surface area contributed by atoms with Crippen molar-refractivity contribution >= 4 is 37.8 Å². The van der Waals surface area contributed by atoms with Crippen LogP contribution in [0.25, 0.3) is 0 Å². The van der Waals surface area contributed by atoms with Crippen LogP contribution in [0.4, 0.5) is 0 Å². The van der Waals surface area contributed by atoms with E-state index in [-0.39, 0.29) is 12.3 Å². The van der Waals surface area contributed by atoms with Crippen LogP contribution in [0.1, 0.15) is 30.9 Å². The van der Waals surface area contributed by atoms with Crippen LogP contribution in [0.2, 0.25) is 0 Å². The van der Waals surface area contributed by atoms with Gasteiger partial charge in [0.05, 0.1) is 0 Å². The molecule has 0 aliphatic carbocycles. The van der Waals surface area contributed by atoms with Crippen LogP contribution >= 0.6 is 31.9 Å². The Morgan fingerprint density at radius 2 is 2.00 bits per heavy atom. The van der Waals surface area contributed by atoms with Crippen molar-refractivity contribution in [3.05, 3.63) is 32.2 Å². The Hall–Kier alpha value is -0.350. The van der Waals surface area contributed by atoms with Crippen LogP contribution in [0, 0.1) is 12.8 Å². The van der Waals surface area contributed by atoms with Crippen LogP contribution in [-0.2, 0) is 11.2 Å². The van der Waals surface area contributed by atoms with Crippen molar-refractivity contribution in [3.8, 4) is 0 Å². The summed E-state index contributed by atoms with van der Waals surface area (Å²) in [5, 5.41) is 8.70. The zero-order valence-corrected chi connectivity index (χ0v) is 13.1. The lowest BCUT2D eigenvalue weighted by Gasteiger charge is -2.11. The van der Waals surface area contributed by atoms with Crippen molar-refractivity contribution in [2.75, 3.05) is 0 Å². The Balaban J connectivity index is 2.63. The van der Waals surface area contributed by atoms with Crippen molar-refractivity contribution in [2.24, 2.45) is 5.92 Å². The largest absolute Gasteiger partial charge is 0.481 e. The van der Waals surface area contributed by atoms with Crippen LogP contribution in [0.3, 0.4) is 0 Å². The summed E-state index contributed by atoms with van der Waals surface area (Å²) in [6.07, 6.45) is 2.03. The van der Waals surface area contributed by atoms with Crippen molar-refractivity contribution in [1.29, 1.82) is 0 Å². The second kappa shape index (κ2) is 6.55. The number of rotatable bonds is 5. The summed E-state index contributed by atoms with van der Waals surface area (Å²) in [5.41, 5.74) is 2.42. The molecule has 0 spiro atoms. The second-order valence-electron chi connectivity index (χ2n) is 4.43. The summed E-state index contributed by atoms with van der Waals surface area (Å²) < 4.78 is 2.20. The first-order valence-electron chi connectivity index (χ1n) is 5.56. The van der Waals surface area contributed by atoms with Crippen LogP contribution in [0.15, 0.2) is 21.1 Å². The second-order valence-corrected chi connectivity index (χ2v) is 6.14. The maximum atomic E-state index is 10.6. The number of carboxylic acid groups (broad SMARTS) is 1.